The van der Waals surface area contributed by atoms with E-state index in [2.05, 4.69) is 4.98 Å². The van der Waals surface area contributed by atoms with Gasteiger partial charge in [-0.1, -0.05) is 0 Å². The molecule has 3 nitrogen and oxygen atoms in total. The molecule has 2 N–H and O–H groups in total. The fourth-order valence-corrected chi connectivity index (χ4v) is 3.21. The minimum atomic E-state index is -4.35. The van der Waals surface area contributed by atoms with Crippen molar-refractivity contribution < 1.29 is 13.2 Å². The van der Waals surface area contributed by atoms with Crippen LogP contribution in [0.1, 0.15) is 18.5 Å². The lowest BCUT2D eigenvalue weighted by molar-refractivity contribution is -0.140. The van der Waals surface area contributed by atoms with Gasteiger partial charge in [0.05, 0.1) is 0 Å². The second-order valence-corrected chi connectivity index (χ2v) is 5.70. The van der Waals surface area contributed by atoms with Crippen LogP contribution in [0.15, 0.2) is 5.38 Å². The molecule has 1 unspecified atom stereocenters. The summed E-state index contributed by atoms with van der Waals surface area (Å²) >= 11 is 1.04. The van der Waals surface area contributed by atoms with Crippen molar-refractivity contribution in [3.8, 4) is 0 Å². The van der Waals surface area contributed by atoms with Gasteiger partial charge in [-0.3, -0.25) is 0 Å². The lowest BCUT2D eigenvalue weighted by Crippen LogP contribution is -2.30. The van der Waals surface area contributed by atoms with Crippen LogP contribution in [0.2, 0.25) is 0 Å². The Morgan fingerprint density at radius 1 is 1.47 bits per heavy atom. The van der Waals surface area contributed by atoms with Crippen molar-refractivity contribution in [2.24, 2.45) is 11.1 Å². The Balaban J connectivity index is 1.80. The summed E-state index contributed by atoms with van der Waals surface area (Å²) in [4.78, 5) is 5.54. The Bertz CT molecular complexity index is 438. The molecule has 2 aliphatic rings. The number of rotatable bonds is 1. The maximum Gasteiger partial charge on any atom is 0.434 e. The molecule has 94 valence electrons. The fourth-order valence-electron chi connectivity index (χ4n) is 2.37. The Morgan fingerprint density at radius 3 is 2.65 bits per heavy atom. The maximum atomic E-state index is 12.4. The van der Waals surface area contributed by atoms with Gasteiger partial charge in [-0.25, -0.2) is 4.98 Å². The molecule has 1 aliphatic carbocycles. The molecule has 1 spiro atoms. The average Bonchev–Trinajstić information content (AvgIpc) is 2.72. The highest BCUT2D eigenvalue weighted by Gasteiger charge is 2.54. The van der Waals surface area contributed by atoms with E-state index in [1.54, 1.807) is 0 Å². The zero-order valence-electron chi connectivity index (χ0n) is 9.00. The van der Waals surface area contributed by atoms with Crippen molar-refractivity contribution in [1.82, 2.24) is 4.98 Å². The lowest BCUT2D eigenvalue weighted by atomic mass is 10.0. The lowest BCUT2D eigenvalue weighted by Gasteiger charge is -2.13. The van der Waals surface area contributed by atoms with Crippen LogP contribution in [0.3, 0.4) is 0 Å². The molecule has 1 aromatic heterocycles. The summed E-state index contributed by atoms with van der Waals surface area (Å²) in [7, 11) is 0. The molecule has 17 heavy (non-hydrogen) atoms. The van der Waals surface area contributed by atoms with Crippen LogP contribution in [0.25, 0.3) is 0 Å². The van der Waals surface area contributed by atoms with Gasteiger partial charge in [-0.2, -0.15) is 13.2 Å². The fraction of sp³-hybridized carbons (Fsp3) is 0.700. The quantitative estimate of drug-likeness (QED) is 0.843. The van der Waals surface area contributed by atoms with E-state index in [0.29, 0.717) is 11.7 Å². The van der Waals surface area contributed by atoms with E-state index in [1.165, 1.54) is 0 Å². The third-order valence-corrected chi connectivity index (χ3v) is 4.56. The van der Waals surface area contributed by atoms with Crippen LogP contribution in [0, 0.1) is 5.41 Å². The minimum Gasteiger partial charge on any atom is -0.346 e. The summed E-state index contributed by atoms with van der Waals surface area (Å²) in [6.45, 7) is 1.36. The van der Waals surface area contributed by atoms with Gasteiger partial charge >= 0.3 is 6.18 Å². The molecule has 1 saturated carbocycles. The molecule has 2 heterocycles. The Kier molecular flexibility index (Phi) is 2.22. The highest BCUT2D eigenvalue weighted by Crippen LogP contribution is 2.53. The molecule has 2 fully saturated rings. The standard InChI is InChI=1S/C10H12F3N3S/c11-10(12,13)7-4-17-8(15-7)16-3-6(14)9(5-16)1-2-9/h4,6H,1-3,5,14H2. The van der Waals surface area contributed by atoms with E-state index in [9.17, 15) is 13.2 Å². The summed E-state index contributed by atoms with van der Waals surface area (Å²) in [5.74, 6) is 0. The first-order valence-electron chi connectivity index (χ1n) is 5.44. The molecule has 7 heteroatoms. The topological polar surface area (TPSA) is 42.1 Å². The van der Waals surface area contributed by atoms with E-state index in [4.69, 9.17) is 5.73 Å². The predicted octanol–water partition coefficient (Wildman–Crippen LogP) is 2.09. The molecule has 0 aromatic carbocycles. The number of hydrogen-bond acceptors (Lipinski definition) is 4. The van der Waals surface area contributed by atoms with Crippen molar-refractivity contribution in [2.75, 3.05) is 18.0 Å². The normalized spacial score (nSPS) is 26.8. The number of hydrogen-bond donors (Lipinski definition) is 1. The third-order valence-electron chi connectivity index (χ3n) is 3.65. The number of aromatic nitrogens is 1. The molecular weight excluding hydrogens is 251 g/mol. The van der Waals surface area contributed by atoms with Gasteiger partial charge < -0.3 is 10.6 Å². The molecular formula is C10H12F3N3S. The number of nitrogens with zero attached hydrogens (tertiary/aromatic N) is 2. The van der Waals surface area contributed by atoms with Crippen molar-refractivity contribution in [3.05, 3.63) is 11.1 Å². The molecule has 3 rings (SSSR count). The SMILES string of the molecule is NC1CN(c2nc(C(F)(F)F)cs2)CC12CC2. The first-order valence-corrected chi connectivity index (χ1v) is 6.32. The van der Waals surface area contributed by atoms with Gasteiger partial charge in [0.2, 0.25) is 0 Å². The predicted molar refractivity (Wildman–Crippen MR) is 59.0 cm³/mol. The van der Waals surface area contributed by atoms with Crippen LogP contribution in [0.4, 0.5) is 18.3 Å². The number of nitrogens with two attached hydrogens (primary N) is 1. The van der Waals surface area contributed by atoms with Crippen molar-refractivity contribution in [2.45, 2.75) is 25.1 Å². The monoisotopic (exact) mass is 263 g/mol. The largest absolute Gasteiger partial charge is 0.434 e. The van der Waals surface area contributed by atoms with Gasteiger partial charge in [-0.05, 0) is 12.8 Å². The number of halogens is 3. The highest BCUT2D eigenvalue weighted by molar-refractivity contribution is 7.13. The van der Waals surface area contributed by atoms with E-state index >= 15 is 0 Å². The second-order valence-electron chi connectivity index (χ2n) is 4.86. The maximum absolute atomic E-state index is 12.4. The smallest absolute Gasteiger partial charge is 0.346 e. The van der Waals surface area contributed by atoms with Crippen molar-refractivity contribution in [1.29, 1.82) is 0 Å². The number of anilines is 1. The first-order chi connectivity index (χ1) is 7.91. The summed E-state index contributed by atoms with van der Waals surface area (Å²) in [6.07, 6.45) is -2.18. The summed E-state index contributed by atoms with van der Waals surface area (Å²) in [5.41, 5.74) is 5.36. The molecule has 1 aromatic rings. The highest BCUT2D eigenvalue weighted by atomic mass is 32.1. The third kappa shape index (κ3) is 1.81. The van der Waals surface area contributed by atoms with Crippen LogP contribution >= 0.6 is 11.3 Å². The minimum absolute atomic E-state index is 0.0701. The van der Waals surface area contributed by atoms with Crippen molar-refractivity contribution >= 4 is 16.5 Å². The Morgan fingerprint density at radius 2 is 2.18 bits per heavy atom. The van der Waals surface area contributed by atoms with E-state index in [-0.39, 0.29) is 11.5 Å². The van der Waals surface area contributed by atoms with Gasteiger partial charge in [0.25, 0.3) is 0 Å². The summed E-state index contributed by atoms with van der Waals surface area (Å²) in [5, 5.41) is 1.51. The molecule has 1 saturated heterocycles. The first kappa shape index (κ1) is 11.3. The van der Waals surface area contributed by atoms with E-state index in [0.717, 1.165) is 36.1 Å². The van der Waals surface area contributed by atoms with Crippen LogP contribution < -0.4 is 10.6 Å². The second kappa shape index (κ2) is 3.35. The molecule has 0 amide bonds. The van der Waals surface area contributed by atoms with Gasteiger partial charge in [-0.15, -0.1) is 11.3 Å². The molecule has 1 atom stereocenters. The average molecular weight is 263 g/mol. The van der Waals surface area contributed by atoms with Gasteiger partial charge in [0, 0.05) is 29.9 Å². The molecule has 0 radical (unpaired) electrons. The summed E-state index contributed by atoms with van der Waals surface area (Å²) < 4.78 is 37.3. The Hall–Kier alpha value is -0.820. The van der Waals surface area contributed by atoms with Gasteiger partial charge in [0.15, 0.2) is 10.8 Å². The molecule has 1 aliphatic heterocycles. The van der Waals surface area contributed by atoms with Crippen LogP contribution in [-0.4, -0.2) is 24.1 Å². The Labute approximate surface area is 100 Å². The van der Waals surface area contributed by atoms with E-state index < -0.39 is 11.9 Å². The summed E-state index contributed by atoms with van der Waals surface area (Å²) in [6, 6.07) is 0.0701. The van der Waals surface area contributed by atoms with Gasteiger partial charge in [0.1, 0.15) is 0 Å². The number of thiazole rings is 1. The number of alkyl halides is 3. The van der Waals surface area contributed by atoms with E-state index in [1.807, 2.05) is 4.90 Å². The van der Waals surface area contributed by atoms with Crippen LogP contribution in [-0.2, 0) is 6.18 Å². The van der Waals surface area contributed by atoms with Crippen molar-refractivity contribution in [3.63, 3.8) is 0 Å². The van der Waals surface area contributed by atoms with Crippen LogP contribution in [0.5, 0.6) is 0 Å². The zero-order chi connectivity index (χ0) is 12.3. The molecule has 0 bridgehead atoms. The zero-order valence-corrected chi connectivity index (χ0v) is 9.81.